The summed E-state index contributed by atoms with van der Waals surface area (Å²) >= 11 is 0. The fourth-order valence-corrected chi connectivity index (χ4v) is 8.37. The summed E-state index contributed by atoms with van der Waals surface area (Å²) in [5.74, 6) is 2.02. The Hall–Kier alpha value is -5.64. The number of hydrogen-bond acceptors (Lipinski definition) is 4. The molecule has 5 nitrogen and oxygen atoms in total. The molecule has 2 aromatic heterocycles. The Morgan fingerprint density at radius 1 is 0.746 bits per heavy atom. The Labute approximate surface area is 363 Å². The molecular weight excluding hydrogens is 904 g/mol. The molecule has 0 saturated carbocycles. The van der Waals surface area contributed by atoms with Crippen LogP contribution in [0.2, 0.25) is 0 Å². The minimum atomic E-state index is -0.0000361. The quantitative estimate of drug-likeness (QED) is 0.121. The number of hydrogen-bond donors (Lipinski definition) is 0. The maximum Gasteiger partial charge on any atom is 0.135 e. The van der Waals surface area contributed by atoms with E-state index < -0.39 is 0 Å². The first-order valence-corrected chi connectivity index (χ1v) is 20.5. The van der Waals surface area contributed by atoms with Gasteiger partial charge in [0.1, 0.15) is 5.82 Å². The molecule has 9 rings (SSSR count). The standard InChI is InChI=1S/C53H49N4O.Pt/c1-37(2)43-21-14-22-44(39-17-7-6-8-18-39)45(43)23-15-31-55-36-56(50-26-12-11-25-49(50)55)41-19-13-16-38(32-41)35-58-42-27-28-47-46-20-9-10-24-48(46)57(51(47)34-42)52-33-40(29-30-54-52)53(3,4)5;/h6-14,16-22,24-30,33,36-37H,15,23,31,35H2,1-5H3;/q-3;. The van der Waals surface area contributed by atoms with Crippen LogP contribution in [-0.2, 0) is 39.5 Å². The maximum atomic E-state index is 6.48. The third kappa shape index (κ3) is 8.06. The molecule has 0 N–H and O–H groups in total. The minimum Gasteiger partial charge on any atom is -0.517 e. The first-order valence-electron chi connectivity index (χ1n) is 20.5. The van der Waals surface area contributed by atoms with Gasteiger partial charge in [0.05, 0.1) is 6.61 Å². The van der Waals surface area contributed by atoms with Gasteiger partial charge in [0.15, 0.2) is 0 Å². The van der Waals surface area contributed by atoms with Crippen LogP contribution < -0.4 is 14.5 Å². The first-order chi connectivity index (χ1) is 28.2. The van der Waals surface area contributed by atoms with Gasteiger partial charge in [-0.05, 0) is 94.3 Å². The van der Waals surface area contributed by atoms with Crippen molar-refractivity contribution in [3.63, 3.8) is 0 Å². The summed E-state index contributed by atoms with van der Waals surface area (Å²) in [4.78, 5) is 9.47. The zero-order valence-electron chi connectivity index (χ0n) is 34.4. The summed E-state index contributed by atoms with van der Waals surface area (Å²) in [6, 6.07) is 56.8. The Bertz CT molecular complexity index is 2730. The first kappa shape index (κ1) is 40.2. The van der Waals surface area contributed by atoms with E-state index in [1.807, 2.05) is 12.3 Å². The summed E-state index contributed by atoms with van der Waals surface area (Å²) in [5.41, 5.74) is 13.1. The molecule has 8 aromatic rings. The van der Waals surface area contributed by atoms with Gasteiger partial charge >= 0.3 is 0 Å². The van der Waals surface area contributed by atoms with Crippen LogP contribution in [0.3, 0.4) is 0 Å². The van der Waals surface area contributed by atoms with Crippen molar-refractivity contribution >= 4 is 38.9 Å². The number of benzene rings is 6. The molecular formula is C53H49N4OPt-3. The zero-order valence-corrected chi connectivity index (χ0v) is 36.6. The van der Waals surface area contributed by atoms with E-state index in [4.69, 9.17) is 9.72 Å². The van der Waals surface area contributed by atoms with Crippen LogP contribution in [0.1, 0.15) is 69.2 Å². The second-order valence-electron chi connectivity index (χ2n) is 16.6. The number of rotatable bonds is 11. The largest absolute Gasteiger partial charge is 0.517 e. The number of anilines is 3. The smallest absolute Gasteiger partial charge is 0.135 e. The molecule has 1 aliphatic rings. The normalized spacial score (nSPS) is 12.6. The molecule has 0 saturated heterocycles. The van der Waals surface area contributed by atoms with Crippen LogP contribution in [0.4, 0.5) is 17.1 Å². The van der Waals surface area contributed by atoms with Crippen molar-refractivity contribution in [3.05, 3.63) is 187 Å². The van der Waals surface area contributed by atoms with Crippen molar-refractivity contribution in [2.45, 2.75) is 65.4 Å². The van der Waals surface area contributed by atoms with E-state index in [-0.39, 0.29) is 26.5 Å². The van der Waals surface area contributed by atoms with Crippen molar-refractivity contribution in [3.8, 4) is 22.7 Å². The van der Waals surface area contributed by atoms with E-state index in [1.54, 1.807) is 0 Å². The van der Waals surface area contributed by atoms with Crippen LogP contribution in [0.5, 0.6) is 5.75 Å². The van der Waals surface area contributed by atoms with Crippen LogP contribution in [0, 0.1) is 18.8 Å². The second-order valence-corrected chi connectivity index (χ2v) is 16.6. The van der Waals surface area contributed by atoms with Gasteiger partial charge in [-0.25, -0.2) is 4.98 Å². The third-order valence-electron chi connectivity index (χ3n) is 11.3. The van der Waals surface area contributed by atoms with Crippen molar-refractivity contribution in [1.29, 1.82) is 0 Å². The van der Waals surface area contributed by atoms with Gasteiger partial charge in [0.25, 0.3) is 0 Å². The number of pyridine rings is 1. The average Bonchev–Trinajstić information content (AvgIpc) is 3.78. The van der Waals surface area contributed by atoms with Crippen molar-refractivity contribution in [2.24, 2.45) is 0 Å². The summed E-state index contributed by atoms with van der Waals surface area (Å²) in [6.45, 7) is 14.8. The molecule has 0 amide bonds. The molecule has 0 bridgehead atoms. The predicted octanol–water partition coefficient (Wildman–Crippen LogP) is 13.2. The van der Waals surface area contributed by atoms with Gasteiger partial charge in [0, 0.05) is 49.9 Å². The van der Waals surface area contributed by atoms with Crippen molar-refractivity contribution in [2.75, 3.05) is 16.3 Å². The molecule has 3 heterocycles. The topological polar surface area (TPSA) is 33.5 Å². The number of nitrogens with zero attached hydrogens (tertiary/aromatic N) is 4. The molecule has 0 atom stereocenters. The number of para-hydroxylation sites is 3. The van der Waals surface area contributed by atoms with Gasteiger partial charge in [-0.15, -0.1) is 28.8 Å². The summed E-state index contributed by atoms with van der Waals surface area (Å²) < 4.78 is 8.68. The monoisotopic (exact) mass is 952 g/mol. The van der Waals surface area contributed by atoms with Gasteiger partial charge < -0.3 is 19.1 Å². The molecule has 6 aromatic carbocycles. The van der Waals surface area contributed by atoms with E-state index in [0.717, 1.165) is 63.9 Å². The zero-order chi connectivity index (χ0) is 39.8. The molecule has 1 aliphatic heterocycles. The van der Waals surface area contributed by atoms with E-state index in [9.17, 15) is 0 Å². The van der Waals surface area contributed by atoms with E-state index in [2.05, 4.69) is 201 Å². The fraction of sp³-hybridized carbons (Fsp3) is 0.208. The van der Waals surface area contributed by atoms with E-state index >= 15 is 0 Å². The number of aromatic nitrogens is 2. The second kappa shape index (κ2) is 16.9. The van der Waals surface area contributed by atoms with E-state index in [1.165, 1.54) is 33.5 Å². The molecule has 59 heavy (non-hydrogen) atoms. The van der Waals surface area contributed by atoms with Crippen molar-refractivity contribution < 1.29 is 25.8 Å². The summed E-state index contributed by atoms with van der Waals surface area (Å²) in [5, 5.41) is 2.28. The van der Waals surface area contributed by atoms with Gasteiger partial charge in [-0.2, -0.15) is 37.0 Å². The number of fused-ring (bicyclic) bond motifs is 4. The maximum absolute atomic E-state index is 6.48. The fourth-order valence-electron chi connectivity index (χ4n) is 8.37. The van der Waals surface area contributed by atoms with Crippen molar-refractivity contribution in [1.82, 2.24) is 9.55 Å². The molecule has 300 valence electrons. The molecule has 0 unspecified atom stereocenters. The van der Waals surface area contributed by atoms with Crippen LogP contribution in [0.15, 0.2) is 146 Å². The third-order valence-corrected chi connectivity index (χ3v) is 11.3. The van der Waals surface area contributed by atoms with Gasteiger partial charge in [0.2, 0.25) is 0 Å². The molecule has 0 fully saturated rings. The Morgan fingerprint density at radius 2 is 1.51 bits per heavy atom. The summed E-state index contributed by atoms with van der Waals surface area (Å²) in [6.07, 6.45) is 3.94. The van der Waals surface area contributed by atoms with Gasteiger partial charge in [-0.3, -0.25) is 0 Å². The SMILES string of the molecule is CC(C)c1cccc(-c2ccccc2)c1CCCN1[CH-]N(c2[c-]c(COc3[c-]c4c(cc3)c3ccccc3n4-c3cc(C(C)(C)C)ccn3)ccc2)c2ccccc21.[Pt]. The molecule has 0 spiro atoms. The van der Waals surface area contributed by atoms with Crippen LogP contribution in [-0.4, -0.2) is 16.1 Å². The summed E-state index contributed by atoms with van der Waals surface area (Å²) in [7, 11) is 0. The minimum absolute atomic E-state index is 0. The van der Waals surface area contributed by atoms with E-state index in [0.29, 0.717) is 18.3 Å². The van der Waals surface area contributed by atoms with Crippen LogP contribution in [0.25, 0.3) is 38.8 Å². The Balaban J connectivity index is 0.00000484. The predicted molar refractivity (Wildman–Crippen MR) is 240 cm³/mol. The molecule has 6 heteroatoms. The number of ether oxygens (including phenoxy) is 1. The van der Waals surface area contributed by atoms with Crippen LogP contribution >= 0.6 is 0 Å². The Morgan fingerprint density at radius 3 is 2.32 bits per heavy atom. The average molecular weight is 953 g/mol. The molecule has 0 radical (unpaired) electrons. The molecule has 0 aliphatic carbocycles. The van der Waals surface area contributed by atoms with Gasteiger partial charge in [-0.1, -0.05) is 119 Å². The Kier molecular flexibility index (Phi) is 11.5.